The van der Waals surface area contributed by atoms with Crippen molar-refractivity contribution < 1.29 is 4.74 Å². The van der Waals surface area contributed by atoms with E-state index < -0.39 is 0 Å². The zero-order valence-electron chi connectivity index (χ0n) is 9.82. The maximum absolute atomic E-state index is 5.43. The fourth-order valence-electron chi connectivity index (χ4n) is 2.60. The van der Waals surface area contributed by atoms with Gasteiger partial charge in [-0.05, 0) is 38.0 Å². The van der Waals surface area contributed by atoms with Crippen molar-refractivity contribution in [1.29, 1.82) is 0 Å². The van der Waals surface area contributed by atoms with Crippen LogP contribution in [0.25, 0.3) is 11.0 Å². The smallest absolute Gasteiger partial charge is 0.106 e. The molecule has 0 unspecified atom stereocenters. The van der Waals surface area contributed by atoms with Crippen LogP contribution < -0.4 is 0 Å². The minimum atomic E-state index is 0.537. The van der Waals surface area contributed by atoms with E-state index in [1.165, 1.54) is 5.52 Å². The third-order valence-corrected chi connectivity index (χ3v) is 3.88. The molecule has 3 nitrogen and oxygen atoms in total. The number of imidazole rings is 1. The number of rotatable bonds is 1. The Morgan fingerprint density at radius 3 is 2.88 bits per heavy atom. The first kappa shape index (κ1) is 11.2. The highest BCUT2D eigenvalue weighted by Gasteiger charge is 2.19. The summed E-state index contributed by atoms with van der Waals surface area (Å²) in [5.41, 5.74) is 2.31. The number of hydrogen-bond donors (Lipinski definition) is 0. The van der Waals surface area contributed by atoms with E-state index in [9.17, 15) is 0 Å². The molecule has 1 aromatic heterocycles. The van der Waals surface area contributed by atoms with Crippen molar-refractivity contribution in [2.24, 2.45) is 0 Å². The average Bonchev–Trinajstić information content (AvgIpc) is 2.65. The van der Waals surface area contributed by atoms with E-state index >= 15 is 0 Å². The van der Waals surface area contributed by atoms with Gasteiger partial charge >= 0.3 is 0 Å². The zero-order valence-corrected chi connectivity index (χ0v) is 11.4. The summed E-state index contributed by atoms with van der Waals surface area (Å²) < 4.78 is 8.88. The summed E-state index contributed by atoms with van der Waals surface area (Å²) in [5.74, 6) is 1.10. The largest absolute Gasteiger partial charge is 0.381 e. The molecule has 0 aliphatic carbocycles. The van der Waals surface area contributed by atoms with Gasteiger partial charge in [-0.2, -0.15) is 0 Å². The molecule has 0 bridgehead atoms. The minimum Gasteiger partial charge on any atom is -0.381 e. The van der Waals surface area contributed by atoms with Crippen LogP contribution in [0.15, 0.2) is 22.7 Å². The van der Waals surface area contributed by atoms with Gasteiger partial charge in [0.25, 0.3) is 0 Å². The van der Waals surface area contributed by atoms with Gasteiger partial charge in [-0.3, -0.25) is 0 Å². The maximum atomic E-state index is 5.43. The molecule has 4 heteroatoms. The van der Waals surface area contributed by atoms with Gasteiger partial charge in [-0.25, -0.2) is 4.98 Å². The molecule has 1 aliphatic rings. The van der Waals surface area contributed by atoms with Crippen molar-refractivity contribution in [1.82, 2.24) is 9.55 Å². The highest BCUT2D eigenvalue weighted by Crippen LogP contribution is 2.28. The number of nitrogens with zero attached hydrogens (tertiary/aromatic N) is 2. The Hall–Kier alpha value is -0.870. The number of fused-ring (bicyclic) bond motifs is 1. The van der Waals surface area contributed by atoms with Crippen LogP contribution in [0.4, 0.5) is 0 Å². The Bertz CT molecular complexity index is 544. The van der Waals surface area contributed by atoms with Gasteiger partial charge in [0.15, 0.2) is 0 Å². The molecule has 0 atom stereocenters. The summed E-state index contributed by atoms with van der Waals surface area (Å²) >= 11 is 3.49. The lowest BCUT2D eigenvalue weighted by Gasteiger charge is -2.25. The second-order valence-corrected chi connectivity index (χ2v) is 5.42. The zero-order chi connectivity index (χ0) is 11.8. The number of benzene rings is 1. The fourth-order valence-corrected chi connectivity index (χ4v) is 2.95. The van der Waals surface area contributed by atoms with Gasteiger partial charge in [0.2, 0.25) is 0 Å². The lowest BCUT2D eigenvalue weighted by molar-refractivity contribution is 0.0701. The van der Waals surface area contributed by atoms with Crippen molar-refractivity contribution in [3.8, 4) is 0 Å². The predicted octanol–water partition coefficient (Wildman–Crippen LogP) is 3.46. The Morgan fingerprint density at radius 2 is 2.12 bits per heavy atom. The van der Waals surface area contributed by atoms with Gasteiger partial charge in [-0.15, -0.1) is 0 Å². The van der Waals surface area contributed by atoms with Gasteiger partial charge in [0, 0.05) is 23.7 Å². The monoisotopic (exact) mass is 294 g/mol. The molecule has 0 spiro atoms. The molecule has 1 fully saturated rings. The van der Waals surface area contributed by atoms with Crippen LogP contribution >= 0.6 is 15.9 Å². The Balaban J connectivity index is 2.11. The first-order chi connectivity index (χ1) is 8.25. The standard InChI is InChI=1S/C13H15BrN2O/c1-9-15-12-8-10(14)2-3-13(12)16(9)11-4-6-17-7-5-11/h2-3,8,11H,4-7H2,1H3. The first-order valence-electron chi connectivity index (χ1n) is 5.97. The molecular formula is C13H15BrN2O. The predicted molar refractivity (Wildman–Crippen MR) is 71.3 cm³/mol. The number of hydrogen-bond acceptors (Lipinski definition) is 2. The van der Waals surface area contributed by atoms with E-state index in [2.05, 4.69) is 50.6 Å². The van der Waals surface area contributed by atoms with Crippen molar-refractivity contribution in [2.45, 2.75) is 25.8 Å². The molecule has 17 heavy (non-hydrogen) atoms. The molecule has 2 heterocycles. The molecule has 0 amide bonds. The molecular weight excluding hydrogens is 280 g/mol. The molecule has 0 saturated carbocycles. The van der Waals surface area contributed by atoms with E-state index in [0.717, 1.165) is 41.9 Å². The summed E-state index contributed by atoms with van der Waals surface area (Å²) in [4.78, 5) is 4.64. The second-order valence-electron chi connectivity index (χ2n) is 4.51. The van der Waals surface area contributed by atoms with Crippen LogP contribution in [0.1, 0.15) is 24.7 Å². The molecule has 3 rings (SSSR count). The normalized spacial score (nSPS) is 17.8. The third kappa shape index (κ3) is 2.00. The van der Waals surface area contributed by atoms with Crippen LogP contribution in [0, 0.1) is 6.92 Å². The maximum Gasteiger partial charge on any atom is 0.106 e. The van der Waals surface area contributed by atoms with Gasteiger partial charge in [-0.1, -0.05) is 15.9 Å². The van der Waals surface area contributed by atoms with E-state index in [-0.39, 0.29) is 0 Å². The van der Waals surface area contributed by atoms with Crippen LogP contribution in [0.2, 0.25) is 0 Å². The highest BCUT2D eigenvalue weighted by atomic mass is 79.9. The van der Waals surface area contributed by atoms with Crippen molar-refractivity contribution >= 4 is 27.0 Å². The molecule has 1 saturated heterocycles. The molecule has 1 aliphatic heterocycles. The fraction of sp³-hybridized carbons (Fsp3) is 0.462. The molecule has 0 radical (unpaired) electrons. The number of aromatic nitrogens is 2. The summed E-state index contributed by atoms with van der Waals surface area (Å²) in [7, 11) is 0. The first-order valence-corrected chi connectivity index (χ1v) is 6.77. The molecule has 90 valence electrons. The Kier molecular flexibility index (Phi) is 2.92. The van der Waals surface area contributed by atoms with Crippen LogP contribution in [-0.4, -0.2) is 22.8 Å². The van der Waals surface area contributed by atoms with Gasteiger partial charge in [0.1, 0.15) is 5.82 Å². The van der Waals surface area contributed by atoms with Crippen molar-refractivity contribution in [2.75, 3.05) is 13.2 Å². The highest BCUT2D eigenvalue weighted by molar-refractivity contribution is 9.10. The molecule has 2 aromatic rings. The minimum absolute atomic E-state index is 0.537. The Labute approximate surface area is 109 Å². The lowest BCUT2D eigenvalue weighted by Crippen LogP contribution is -2.20. The third-order valence-electron chi connectivity index (χ3n) is 3.38. The summed E-state index contributed by atoms with van der Waals surface area (Å²) in [6.45, 7) is 3.81. The van der Waals surface area contributed by atoms with Crippen molar-refractivity contribution in [3.63, 3.8) is 0 Å². The number of aryl methyl sites for hydroxylation is 1. The number of ether oxygens (including phenoxy) is 1. The topological polar surface area (TPSA) is 27.1 Å². The van der Waals surface area contributed by atoms with Crippen LogP contribution in [-0.2, 0) is 4.74 Å². The Morgan fingerprint density at radius 1 is 1.35 bits per heavy atom. The van der Waals surface area contributed by atoms with E-state index in [1.54, 1.807) is 0 Å². The average molecular weight is 295 g/mol. The van der Waals surface area contributed by atoms with Crippen molar-refractivity contribution in [3.05, 3.63) is 28.5 Å². The summed E-state index contributed by atoms with van der Waals surface area (Å²) in [6, 6.07) is 6.85. The van der Waals surface area contributed by atoms with Gasteiger partial charge < -0.3 is 9.30 Å². The summed E-state index contributed by atoms with van der Waals surface area (Å²) in [5, 5.41) is 0. The van der Waals surface area contributed by atoms with Crippen LogP contribution in [0.3, 0.4) is 0 Å². The number of halogens is 1. The molecule has 1 aromatic carbocycles. The lowest BCUT2D eigenvalue weighted by atomic mass is 10.1. The van der Waals surface area contributed by atoms with E-state index in [0.29, 0.717) is 6.04 Å². The van der Waals surface area contributed by atoms with E-state index in [1.807, 2.05) is 0 Å². The molecule has 0 N–H and O–H groups in total. The van der Waals surface area contributed by atoms with Gasteiger partial charge in [0.05, 0.1) is 11.0 Å². The second kappa shape index (κ2) is 4.42. The SMILES string of the molecule is Cc1nc2cc(Br)ccc2n1C1CCOCC1. The quantitative estimate of drug-likeness (QED) is 0.805. The summed E-state index contributed by atoms with van der Waals surface area (Å²) in [6.07, 6.45) is 2.17. The van der Waals surface area contributed by atoms with Crippen LogP contribution in [0.5, 0.6) is 0 Å². The van der Waals surface area contributed by atoms with E-state index in [4.69, 9.17) is 4.74 Å².